The van der Waals surface area contributed by atoms with Crippen molar-refractivity contribution in [3.05, 3.63) is 41.7 Å². The zero-order valence-electron chi connectivity index (χ0n) is 16.6. The summed E-state index contributed by atoms with van der Waals surface area (Å²) in [5.41, 5.74) is 1.36. The Hall–Kier alpha value is -2.48. The number of benzene rings is 1. The van der Waals surface area contributed by atoms with Crippen LogP contribution >= 0.6 is 0 Å². The molecule has 0 aliphatic carbocycles. The number of anilines is 1. The number of hydrogen-bond donors (Lipinski definition) is 1. The summed E-state index contributed by atoms with van der Waals surface area (Å²) in [6, 6.07) is 8.21. The molecule has 0 saturated carbocycles. The fourth-order valence-corrected chi connectivity index (χ4v) is 4.75. The Labute approximate surface area is 166 Å². The third-order valence-electron chi connectivity index (χ3n) is 5.06. The molecule has 28 heavy (non-hydrogen) atoms. The van der Waals surface area contributed by atoms with Gasteiger partial charge in [-0.3, -0.25) is 9.52 Å². The van der Waals surface area contributed by atoms with Crippen molar-refractivity contribution in [1.29, 1.82) is 0 Å². The molecule has 7 nitrogen and oxygen atoms in total. The van der Waals surface area contributed by atoms with Gasteiger partial charge in [-0.05, 0) is 63.4 Å². The second-order valence-electron chi connectivity index (χ2n) is 6.95. The van der Waals surface area contributed by atoms with Gasteiger partial charge in [0.1, 0.15) is 16.3 Å². The number of carbonyl (C=O) groups excluding carboxylic acids is 1. The Kier molecular flexibility index (Phi) is 5.98. The predicted molar refractivity (Wildman–Crippen MR) is 108 cm³/mol. The van der Waals surface area contributed by atoms with Crippen LogP contribution in [-0.2, 0) is 17.1 Å². The van der Waals surface area contributed by atoms with E-state index in [0.29, 0.717) is 29.4 Å². The molecule has 1 saturated heterocycles. The molecule has 8 heteroatoms. The maximum Gasteiger partial charge on any atom is 0.270 e. The van der Waals surface area contributed by atoms with Gasteiger partial charge in [-0.1, -0.05) is 0 Å². The minimum Gasteiger partial charge on any atom is -0.494 e. The largest absolute Gasteiger partial charge is 0.494 e. The molecule has 0 radical (unpaired) electrons. The lowest BCUT2D eigenvalue weighted by Crippen LogP contribution is -2.36. The maximum absolute atomic E-state index is 12.9. The molecule has 1 aromatic heterocycles. The number of amides is 1. The number of aromatic nitrogens is 1. The molecule has 1 fully saturated rings. The number of rotatable bonds is 6. The van der Waals surface area contributed by atoms with Crippen molar-refractivity contribution in [3.8, 4) is 5.75 Å². The summed E-state index contributed by atoms with van der Waals surface area (Å²) in [7, 11) is -2.09. The van der Waals surface area contributed by atoms with E-state index in [1.54, 1.807) is 47.7 Å². The van der Waals surface area contributed by atoms with Gasteiger partial charge in [0.15, 0.2) is 0 Å². The summed E-state index contributed by atoms with van der Waals surface area (Å²) in [6.07, 6.45) is 3.10. The first-order chi connectivity index (χ1) is 13.3. The lowest BCUT2D eigenvalue weighted by Gasteiger charge is -2.26. The van der Waals surface area contributed by atoms with Gasteiger partial charge in [-0.15, -0.1) is 0 Å². The van der Waals surface area contributed by atoms with Gasteiger partial charge in [0.2, 0.25) is 0 Å². The minimum atomic E-state index is -3.82. The normalized spacial score (nSPS) is 14.8. The van der Waals surface area contributed by atoms with Crippen LogP contribution in [0.5, 0.6) is 5.75 Å². The number of ether oxygens (including phenoxy) is 1. The van der Waals surface area contributed by atoms with Crippen molar-refractivity contribution in [2.24, 2.45) is 7.05 Å². The molecule has 1 aliphatic rings. The van der Waals surface area contributed by atoms with Crippen molar-refractivity contribution < 1.29 is 17.9 Å². The average Bonchev–Trinajstić information content (AvgIpc) is 2.99. The van der Waals surface area contributed by atoms with Crippen LogP contribution in [0.25, 0.3) is 0 Å². The topological polar surface area (TPSA) is 80.6 Å². The van der Waals surface area contributed by atoms with Crippen molar-refractivity contribution >= 4 is 21.6 Å². The number of nitrogens with zero attached hydrogens (tertiary/aromatic N) is 2. The van der Waals surface area contributed by atoms with Gasteiger partial charge in [-0.2, -0.15) is 0 Å². The zero-order valence-corrected chi connectivity index (χ0v) is 17.4. The van der Waals surface area contributed by atoms with Crippen LogP contribution in [0.15, 0.2) is 35.2 Å². The maximum atomic E-state index is 12.9. The Morgan fingerprint density at radius 1 is 1.14 bits per heavy atom. The van der Waals surface area contributed by atoms with E-state index in [9.17, 15) is 13.2 Å². The molecular weight excluding hydrogens is 378 g/mol. The minimum absolute atomic E-state index is 0.115. The van der Waals surface area contributed by atoms with Crippen LogP contribution in [0.3, 0.4) is 0 Å². The molecule has 1 aromatic carbocycles. The smallest absolute Gasteiger partial charge is 0.270 e. The molecule has 152 valence electrons. The SMILES string of the molecule is CCOc1ccc(NS(=O)(=O)c2cc(C(=O)N3CCCCC3)n(C)c2C)cc1. The molecule has 0 atom stereocenters. The van der Waals surface area contributed by atoms with Crippen molar-refractivity contribution in [1.82, 2.24) is 9.47 Å². The summed E-state index contributed by atoms with van der Waals surface area (Å²) < 4.78 is 35.4. The van der Waals surface area contributed by atoms with E-state index in [1.807, 2.05) is 6.92 Å². The fourth-order valence-electron chi connectivity index (χ4n) is 3.40. The van der Waals surface area contributed by atoms with Crippen molar-refractivity contribution in [2.75, 3.05) is 24.4 Å². The van der Waals surface area contributed by atoms with Gasteiger partial charge in [0, 0.05) is 31.5 Å². The van der Waals surface area contributed by atoms with Crippen LogP contribution in [0.2, 0.25) is 0 Å². The molecule has 0 spiro atoms. The van der Waals surface area contributed by atoms with E-state index in [2.05, 4.69) is 4.72 Å². The van der Waals surface area contributed by atoms with Crippen molar-refractivity contribution in [2.45, 2.75) is 38.0 Å². The van der Waals surface area contributed by atoms with Crippen LogP contribution in [0, 0.1) is 6.92 Å². The van der Waals surface area contributed by atoms with E-state index in [1.165, 1.54) is 6.07 Å². The second kappa shape index (κ2) is 8.26. The number of piperidine rings is 1. The highest BCUT2D eigenvalue weighted by Crippen LogP contribution is 2.25. The average molecular weight is 406 g/mol. The number of carbonyl (C=O) groups is 1. The van der Waals surface area contributed by atoms with E-state index < -0.39 is 10.0 Å². The lowest BCUT2D eigenvalue weighted by atomic mass is 10.1. The highest BCUT2D eigenvalue weighted by molar-refractivity contribution is 7.92. The number of nitrogens with one attached hydrogen (secondary N) is 1. The molecule has 1 aliphatic heterocycles. The molecule has 1 amide bonds. The van der Waals surface area contributed by atoms with E-state index >= 15 is 0 Å². The van der Waals surface area contributed by atoms with E-state index in [0.717, 1.165) is 32.4 Å². The van der Waals surface area contributed by atoms with E-state index in [-0.39, 0.29) is 10.8 Å². The Morgan fingerprint density at radius 2 is 1.79 bits per heavy atom. The lowest BCUT2D eigenvalue weighted by molar-refractivity contribution is 0.0714. The quantitative estimate of drug-likeness (QED) is 0.800. The Bertz CT molecular complexity index is 943. The summed E-state index contributed by atoms with van der Waals surface area (Å²) in [4.78, 5) is 14.8. The Morgan fingerprint density at radius 3 is 2.39 bits per heavy atom. The van der Waals surface area contributed by atoms with Gasteiger partial charge in [0.25, 0.3) is 15.9 Å². The highest BCUT2D eigenvalue weighted by atomic mass is 32.2. The highest BCUT2D eigenvalue weighted by Gasteiger charge is 2.27. The number of hydrogen-bond acceptors (Lipinski definition) is 4. The van der Waals surface area contributed by atoms with Crippen LogP contribution < -0.4 is 9.46 Å². The summed E-state index contributed by atoms with van der Waals surface area (Å²) >= 11 is 0. The van der Waals surface area contributed by atoms with Crippen molar-refractivity contribution in [3.63, 3.8) is 0 Å². The van der Waals surface area contributed by atoms with Gasteiger partial charge >= 0.3 is 0 Å². The summed E-state index contributed by atoms with van der Waals surface area (Å²) in [6.45, 7) is 5.57. The first kappa shape index (κ1) is 20.3. The standard InChI is InChI=1S/C20H27N3O4S/c1-4-27-17-10-8-16(9-11-17)21-28(25,26)19-14-18(22(3)15(19)2)20(24)23-12-6-5-7-13-23/h8-11,14,21H,4-7,12-13H2,1-3H3. The Balaban J connectivity index is 1.84. The fraction of sp³-hybridized carbons (Fsp3) is 0.450. The number of sulfonamides is 1. The molecule has 0 unspecified atom stereocenters. The zero-order chi connectivity index (χ0) is 20.3. The van der Waals surface area contributed by atoms with Crippen LogP contribution in [0.4, 0.5) is 5.69 Å². The summed E-state index contributed by atoms with van der Waals surface area (Å²) in [5, 5.41) is 0. The van der Waals surface area contributed by atoms with Crippen LogP contribution in [-0.4, -0.2) is 43.5 Å². The molecule has 1 N–H and O–H groups in total. The first-order valence-electron chi connectivity index (χ1n) is 9.54. The molecule has 3 rings (SSSR count). The third kappa shape index (κ3) is 4.16. The number of likely N-dealkylation sites (tertiary alicyclic amines) is 1. The monoisotopic (exact) mass is 405 g/mol. The second-order valence-corrected chi connectivity index (χ2v) is 8.60. The molecular formula is C20H27N3O4S. The van der Waals surface area contributed by atoms with Gasteiger partial charge < -0.3 is 14.2 Å². The van der Waals surface area contributed by atoms with Gasteiger partial charge in [-0.25, -0.2) is 8.42 Å². The third-order valence-corrected chi connectivity index (χ3v) is 6.56. The van der Waals surface area contributed by atoms with Crippen LogP contribution in [0.1, 0.15) is 42.4 Å². The van der Waals surface area contributed by atoms with E-state index in [4.69, 9.17) is 4.74 Å². The first-order valence-corrected chi connectivity index (χ1v) is 11.0. The molecule has 2 heterocycles. The molecule has 2 aromatic rings. The predicted octanol–water partition coefficient (Wildman–Crippen LogP) is 3.16. The van der Waals surface area contributed by atoms with Gasteiger partial charge in [0.05, 0.1) is 6.61 Å². The summed E-state index contributed by atoms with van der Waals surface area (Å²) in [5.74, 6) is 0.559. The molecule has 0 bridgehead atoms.